The zero-order valence-electron chi connectivity index (χ0n) is 8.59. The van der Waals surface area contributed by atoms with Gasteiger partial charge >= 0.3 is 0 Å². The predicted octanol–water partition coefficient (Wildman–Crippen LogP) is 0.0763. The van der Waals surface area contributed by atoms with E-state index in [2.05, 4.69) is 15.2 Å². The van der Waals surface area contributed by atoms with Crippen LogP contribution in [0.3, 0.4) is 0 Å². The predicted molar refractivity (Wildman–Crippen MR) is 60.1 cm³/mol. The molecule has 1 aliphatic heterocycles. The van der Waals surface area contributed by atoms with Crippen LogP contribution in [0, 0.1) is 0 Å². The van der Waals surface area contributed by atoms with E-state index in [1.54, 1.807) is 17.5 Å². The molecule has 2 heterocycles. The van der Waals surface area contributed by atoms with E-state index >= 15 is 0 Å². The Morgan fingerprint density at radius 1 is 1.80 bits per heavy atom. The Balaban J connectivity index is 0.000000195. The number of carbonyl (C=O) groups is 1. The van der Waals surface area contributed by atoms with Crippen molar-refractivity contribution in [3.8, 4) is 0 Å². The number of aromatic nitrogens is 1. The van der Waals surface area contributed by atoms with Crippen LogP contribution in [-0.4, -0.2) is 42.2 Å². The average Bonchev–Trinajstić information content (AvgIpc) is 2.68. The maximum absolute atomic E-state index is 9.29. The van der Waals surface area contributed by atoms with E-state index in [9.17, 15) is 4.79 Å². The van der Waals surface area contributed by atoms with Crippen molar-refractivity contribution in [2.45, 2.75) is 13.0 Å². The van der Waals surface area contributed by atoms with Crippen molar-refractivity contribution >= 4 is 22.9 Å². The van der Waals surface area contributed by atoms with Crippen molar-refractivity contribution in [3.63, 3.8) is 0 Å². The minimum atomic E-state index is -0.135. The van der Waals surface area contributed by atoms with Gasteiger partial charge in [0.25, 0.3) is 0 Å². The molecular formula is C9H15N3O2S. The lowest BCUT2D eigenvalue weighted by Gasteiger charge is -2.35. The van der Waals surface area contributed by atoms with E-state index in [4.69, 9.17) is 5.11 Å². The summed E-state index contributed by atoms with van der Waals surface area (Å²) in [6.45, 7) is 4.08. The van der Waals surface area contributed by atoms with E-state index < -0.39 is 0 Å². The standard InChI is InChI=1S/C6H8N2OS.C3H7NO/c9-5-3-8(4-5)6-7-1-2-10-6;1-2-4-3-5/h1-2,5,9H,3-4H2;3H,2H2,1H3,(H,4,5). The molecule has 0 aliphatic carbocycles. The highest BCUT2D eigenvalue weighted by atomic mass is 32.1. The molecule has 0 atom stereocenters. The Kier molecular flexibility index (Phi) is 5.06. The molecule has 0 unspecified atom stereocenters. The number of aliphatic hydroxyl groups is 1. The maximum atomic E-state index is 9.29. The Labute approximate surface area is 92.7 Å². The molecule has 0 spiro atoms. The number of hydrogen-bond donors (Lipinski definition) is 2. The fraction of sp³-hybridized carbons (Fsp3) is 0.556. The fourth-order valence-corrected chi connectivity index (χ4v) is 1.73. The monoisotopic (exact) mass is 229 g/mol. The van der Waals surface area contributed by atoms with Crippen LogP contribution in [0.5, 0.6) is 0 Å². The number of rotatable bonds is 3. The van der Waals surface area contributed by atoms with Gasteiger partial charge in [-0.2, -0.15) is 0 Å². The number of nitrogens with one attached hydrogen (secondary N) is 1. The summed E-state index contributed by atoms with van der Waals surface area (Å²) in [5, 5.41) is 14.3. The summed E-state index contributed by atoms with van der Waals surface area (Å²) in [4.78, 5) is 15.5. The second-order valence-electron chi connectivity index (χ2n) is 3.05. The molecule has 0 bridgehead atoms. The van der Waals surface area contributed by atoms with Gasteiger partial charge in [-0.1, -0.05) is 0 Å². The normalized spacial score (nSPS) is 14.9. The number of anilines is 1. The van der Waals surface area contributed by atoms with Crippen LogP contribution in [0.1, 0.15) is 6.92 Å². The van der Waals surface area contributed by atoms with E-state index in [0.29, 0.717) is 6.41 Å². The van der Waals surface area contributed by atoms with Crippen LogP contribution in [0.2, 0.25) is 0 Å². The zero-order valence-corrected chi connectivity index (χ0v) is 9.41. The van der Waals surface area contributed by atoms with Gasteiger partial charge in [-0.3, -0.25) is 4.79 Å². The third kappa shape index (κ3) is 3.85. The number of carbonyl (C=O) groups excluding carboxylic acids is 1. The van der Waals surface area contributed by atoms with Gasteiger partial charge in [0.15, 0.2) is 5.13 Å². The summed E-state index contributed by atoms with van der Waals surface area (Å²) >= 11 is 1.61. The molecule has 1 amide bonds. The van der Waals surface area contributed by atoms with Crippen molar-refractivity contribution < 1.29 is 9.90 Å². The number of nitrogens with zero attached hydrogens (tertiary/aromatic N) is 2. The molecule has 5 nitrogen and oxygen atoms in total. The van der Waals surface area contributed by atoms with Crippen LogP contribution in [0.25, 0.3) is 0 Å². The van der Waals surface area contributed by atoms with Gasteiger partial charge in [0.05, 0.1) is 6.10 Å². The lowest BCUT2D eigenvalue weighted by Crippen LogP contribution is -2.50. The SMILES string of the molecule is CCNC=O.OC1CN(c2nccs2)C1. The topological polar surface area (TPSA) is 65.5 Å². The Hall–Kier alpha value is -1.14. The molecule has 84 valence electrons. The Morgan fingerprint density at radius 3 is 2.87 bits per heavy atom. The molecule has 0 aromatic carbocycles. The zero-order chi connectivity index (χ0) is 11.1. The molecular weight excluding hydrogens is 214 g/mol. The molecule has 0 radical (unpaired) electrons. The minimum absolute atomic E-state index is 0.135. The third-order valence-corrected chi connectivity index (χ3v) is 2.67. The first-order chi connectivity index (χ1) is 7.27. The van der Waals surface area contributed by atoms with Crippen LogP contribution in [0.4, 0.5) is 5.13 Å². The quantitative estimate of drug-likeness (QED) is 0.720. The smallest absolute Gasteiger partial charge is 0.207 e. The van der Waals surface area contributed by atoms with Gasteiger partial charge in [-0.15, -0.1) is 11.3 Å². The van der Waals surface area contributed by atoms with Gasteiger partial charge < -0.3 is 15.3 Å². The number of β-amino-alcohol motifs (C(OH)–C–C–N with tert-alkyl or cyclic N) is 1. The Morgan fingerprint density at radius 2 is 2.53 bits per heavy atom. The largest absolute Gasteiger partial charge is 0.389 e. The summed E-state index contributed by atoms with van der Waals surface area (Å²) in [6, 6.07) is 0. The van der Waals surface area contributed by atoms with Crippen molar-refractivity contribution in [1.29, 1.82) is 0 Å². The summed E-state index contributed by atoms with van der Waals surface area (Å²) in [5.74, 6) is 0. The molecule has 1 aromatic heterocycles. The Bertz CT molecular complexity index is 273. The fourth-order valence-electron chi connectivity index (χ4n) is 1.07. The highest BCUT2D eigenvalue weighted by Gasteiger charge is 2.25. The van der Waals surface area contributed by atoms with Gasteiger partial charge in [-0.25, -0.2) is 4.98 Å². The summed E-state index contributed by atoms with van der Waals surface area (Å²) in [7, 11) is 0. The first kappa shape index (κ1) is 11.9. The summed E-state index contributed by atoms with van der Waals surface area (Å²) in [5.41, 5.74) is 0. The molecule has 1 aliphatic rings. The molecule has 15 heavy (non-hydrogen) atoms. The van der Waals surface area contributed by atoms with Crippen molar-refractivity contribution in [3.05, 3.63) is 11.6 Å². The molecule has 6 heteroatoms. The lowest BCUT2D eigenvalue weighted by molar-refractivity contribution is -0.109. The van der Waals surface area contributed by atoms with Crippen LogP contribution in [-0.2, 0) is 4.79 Å². The first-order valence-electron chi connectivity index (χ1n) is 4.77. The van der Waals surface area contributed by atoms with Gasteiger partial charge in [0, 0.05) is 31.2 Å². The minimum Gasteiger partial charge on any atom is -0.389 e. The van der Waals surface area contributed by atoms with E-state index in [1.807, 2.05) is 12.3 Å². The van der Waals surface area contributed by atoms with Crippen LogP contribution < -0.4 is 10.2 Å². The summed E-state index contributed by atoms with van der Waals surface area (Å²) in [6.07, 6.45) is 2.33. The molecule has 1 aromatic rings. The second kappa shape index (κ2) is 6.36. The highest BCUT2D eigenvalue weighted by Crippen LogP contribution is 2.22. The van der Waals surface area contributed by atoms with Crippen LogP contribution >= 0.6 is 11.3 Å². The van der Waals surface area contributed by atoms with Gasteiger partial charge in [-0.05, 0) is 6.92 Å². The van der Waals surface area contributed by atoms with Gasteiger partial charge in [0.2, 0.25) is 6.41 Å². The molecule has 0 saturated carbocycles. The van der Waals surface area contributed by atoms with E-state index in [-0.39, 0.29) is 6.10 Å². The number of thiazole rings is 1. The first-order valence-corrected chi connectivity index (χ1v) is 5.65. The van der Waals surface area contributed by atoms with Crippen molar-refractivity contribution in [1.82, 2.24) is 10.3 Å². The molecule has 1 fully saturated rings. The third-order valence-electron chi connectivity index (χ3n) is 1.84. The number of hydrogen-bond acceptors (Lipinski definition) is 5. The average molecular weight is 229 g/mol. The van der Waals surface area contributed by atoms with E-state index in [1.165, 1.54) is 0 Å². The van der Waals surface area contributed by atoms with Crippen molar-refractivity contribution in [2.75, 3.05) is 24.5 Å². The molecule has 1 saturated heterocycles. The lowest BCUT2D eigenvalue weighted by atomic mass is 10.2. The summed E-state index contributed by atoms with van der Waals surface area (Å²) < 4.78 is 0. The highest BCUT2D eigenvalue weighted by molar-refractivity contribution is 7.13. The number of amides is 1. The van der Waals surface area contributed by atoms with Crippen molar-refractivity contribution in [2.24, 2.45) is 0 Å². The second-order valence-corrected chi connectivity index (χ2v) is 3.92. The van der Waals surface area contributed by atoms with E-state index in [0.717, 1.165) is 24.8 Å². The van der Waals surface area contributed by atoms with Crippen LogP contribution in [0.15, 0.2) is 11.6 Å². The molecule has 2 N–H and O–H groups in total. The molecule has 2 rings (SSSR count). The van der Waals surface area contributed by atoms with Gasteiger partial charge in [0.1, 0.15) is 0 Å². The number of aliphatic hydroxyl groups excluding tert-OH is 1. The maximum Gasteiger partial charge on any atom is 0.207 e.